The van der Waals surface area contributed by atoms with Crippen molar-refractivity contribution in [3.8, 4) is 27.6 Å². The summed E-state index contributed by atoms with van der Waals surface area (Å²) in [4.78, 5) is 22.4. The van der Waals surface area contributed by atoms with E-state index in [2.05, 4.69) is 15.1 Å². The predicted molar refractivity (Wildman–Crippen MR) is 114 cm³/mol. The van der Waals surface area contributed by atoms with E-state index >= 15 is 0 Å². The van der Waals surface area contributed by atoms with Crippen molar-refractivity contribution in [3.63, 3.8) is 0 Å². The van der Waals surface area contributed by atoms with Crippen molar-refractivity contribution >= 4 is 39.2 Å². The summed E-state index contributed by atoms with van der Waals surface area (Å²) in [6, 6.07) is 9.23. The summed E-state index contributed by atoms with van der Waals surface area (Å²) in [7, 11) is 0. The van der Waals surface area contributed by atoms with Crippen LogP contribution in [0, 0.1) is 5.82 Å². The van der Waals surface area contributed by atoms with Crippen LogP contribution in [0.25, 0.3) is 26.7 Å². The van der Waals surface area contributed by atoms with E-state index < -0.39 is 17.3 Å². The molecule has 0 aliphatic rings. The molecule has 0 unspecified atom stereocenters. The number of hydrogen-bond acceptors (Lipinski definition) is 7. The standard InChI is InChI=1S/C20H11ClFN5O2S2/c21-19-24-9-12(30-19)10-26-17(28)15(13-5-1-2-6-14(13)22)18(29)27-20(26)31-16(25-27)11-4-3-7-23-8-11/h1-9H,10H2. The van der Waals surface area contributed by atoms with Gasteiger partial charge < -0.3 is 5.11 Å². The van der Waals surface area contributed by atoms with Gasteiger partial charge in [-0.15, -0.1) is 11.3 Å². The molecular weight excluding hydrogens is 461 g/mol. The molecule has 0 bridgehead atoms. The first-order valence-corrected chi connectivity index (χ1v) is 11.0. The largest absolute Gasteiger partial charge is 0.842 e. The molecule has 0 atom stereocenters. The second-order valence-electron chi connectivity index (χ2n) is 6.47. The summed E-state index contributed by atoms with van der Waals surface area (Å²) in [5.41, 5.74) is -0.342. The van der Waals surface area contributed by atoms with Gasteiger partial charge in [0.1, 0.15) is 17.9 Å². The fraction of sp³-hybridized carbons (Fsp3) is 0.0500. The second kappa shape index (κ2) is 7.80. The van der Waals surface area contributed by atoms with E-state index in [0.717, 1.165) is 4.52 Å². The maximum Gasteiger partial charge on any atom is 0.371 e. The molecule has 0 N–H and O–H groups in total. The van der Waals surface area contributed by atoms with Crippen LogP contribution in [0.3, 0.4) is 0 Å². The molecule has 1 aromatic carbocycles. The van der Waals surface area contributed by atoms with E-state index in [-0.39, 0.29) is 17.7 Å². The maximum absolute atomic E-state index is 14.5. The van der Waals surface area contributed by atoms with Gasteiger partial charge in [0.15, 0.2) is 9.47 Å². The van der Waals surface area contributed by atoms with E-state index in [4.69, 9.17) is 11.6 Å². The monoisotopic (exact) mass is 471 g/mol. The van der Waals surface area contributed by atoms with E-state index in [1.165, 1.54) is 45.4 Å². The number of thiazole rings is 1. The van der Waals surface area contributed by atoms with E-state index in [0.29, 0.717) is 24.9 Å². The molecule has 7 nitrogen and oxygen atoms in total. The molecule has 0 aliphatic carbocycles. The van der Waals surface area contributed by atoms with Gasteiger partial charge in [-0.05, 0) is 34.1 Å². The fourth-order valence-corrected chi connectivity index (χ4v) is 5.13. The van der Waals surface area contributed by atoms with Crippen molar-refractivity contribution < 1.29 is 14.1 Å². The van der Waals surface area contributed by atoms with Crippen LogP contribution in [0.2, 0.25) is 4.47 Å². The SMILES string of the molecule is O=c1c(-c2ccccc2F)c([O-])[n+](Cc2cnc(Cl)s2)c2sc(-c3cccnc3)nn12. The van der Waals surface area contributed by atoms with Crippen LogP contribution in [0.5, 0.6) is 5.88 Å². The van der Waals surface area contributed by atoms with E-state index in [9.17, 15) is 14.3 Å². The molecule has 4 heterocycles. The number of pyridine rings is 1. The van der Waals surface area contributed by atoms with Crippen LogP contribution in [0.4, 0.5) is 4.39 Å². The molecule has 31 heavy (non-hydrogen) atoms. The second-order valence-corrected chi connectivity index (χ2v) is 9.13. The molecule has 0 radical (unpaired) electrons. The van der Waals surface area contributed by atoms with Gasteiger partial charge in [0, 0.05) is 29.7 Å². The molecule has 11 heteroatoms. The number of aromatic nitrogens is 5. The van der Waals surface area contributed by atoms with Crippen LogP contribution in [0.15, 0.2) is 59.8 Å². The van der Waals surface area contributed by atoms with Crippen molar-refractivity contribution in [1.29, 1.82) is 0 Å². The number of fused-ring (bicyclic) bond motifs is 1. The first-order chi connectivity index (χ1) is 15.0. The van der Waals surface area contributed by atoms with Crippen molar-refractivity contribution in [2.24, 2.45) is 0 Å². The molecule has 154 valence electrons. The maximum atomic E-state index is 14.5. The number of benzene rings is 1. The third-order valence-corrected chi connectivity index (χ3v) is 6.73. The topological polar surface area (TPSA) is 87.1 Å². The number of rotatable bonds is 4. The van der Waals surface area contributed by atoms with Crippen LogP contribution >= 0.6 is 34.3 Å². The third-order valence-electron chi connectivity index (χ3n) is 4.55. The Hall–Kier alpha value is -3.21. The normalized spacial score (nSPS) is 11.3. The Morgan fingerprint density at radius 1 is 1.16 bits per heavy atom. The Balaban J connectivity index is 1.82. The van der Waals surface area contributed by atoms with Crippen LogP contribution in [-0.2, 0) is 6.54 Å². The molecule has 4 aromatic heterocycles. The minimum absolute atomic E-state index is 0.0704. The van der Waals surface area contributed by atoms with Gasteiger partial charge in [0.2, 0.25) is 0 Å². The molecule has 0 fully saturated rings. The van der Waals surface area contributed by atoms with Crippen LogP contribution < -0.4 is 15.2 Å². The molecular formula is C20H11ClFN5O2S2. The van der Waals surface area contributed by atoms with Crippen molar-refractivity contribution in [2.75, 3.05) is 0 Å². The van der Waals surface area contributed by atoms with Gasteiger partial charge in [0.25, 0.3) is 0 Å². The Morgan fingerprint density at radius 3 is 2.71 bits per heavy atom. The Morgan fingerprint density at radius 2 is 2.00 bits per heavy atom. The zero-order valence-electron chi connectivity index (χ0n) is 15.5. The highest BCUT2D eigenvalue weighted by Crippen LogP contribution is 2.29. The summed E-state index contributed by atoms with van der Waals surface area (Å²) < 4.78 is 17.4. The van der Waals surface area contributed by atoms with Gasteiger partial charge in [-0.25, -0.2) is 18.7 Å². The van der Waals surface area contributed by atoms with Gasteiger partial charge in [-0.3, -0.25) is 4.98 Å². The fourth-order valence-electron chi connectivity index (χ4n) is 3.16. The lowest BCUT2D eigenvalue weighted by molar-refractivity contribution is -0.706. The highest BCUT2D eigenvalue weighted by molar-refractivity contribution is 7.19. The minimum atomic E-state index is -0.685. The predicted octanol–water partition coefficient (Wildman–Crippen LogP) is 3.14. The average Bonchev–Trinajstić information content (AvgIpc) is 3.40. The Bertz CT molecular complexity index is 1480. The third kappa shape index (κ3) is 3.48. The molecule has 0 spiro atoms. The van der Waals surface area contributed by atoms with Crippen molar-refractivity contribution in [1.82, 2.24) is 19.6 Å². The number of halogens is 2. The summed E-state index contributed by atoms with van der Waals surface area (Å²) in [6.45, 7) is 0.114. The molecule has 0 amide bonds. The zero-order chi connectivity index (χ0) is 21.5. The van der Waals surface area contributed by atoms with Gasteiger partial charge in [-0.1, -0.05) is 34.9 Å². The summed E-state index contributed by atoms with van der Waals surface area (Å²) in [6.07, 6.45) is 4.81. The molecule has 0 saturated heterocycles. The lowest BCUT2D eigenvalue weighted by atomic mass is 10.1. The highest BCUT2D eigenvalue weighted by atomic mass is 35.5. The van der Waals surface area contributed by atoms with Crippen LogP contribution in [-0.4, -0.2) is 19.6 Å². The molecule has 5 rings (SSSR count). The Labute approximate surface area is 187 Å². The highest BCUT2D eigenvalue weighted by Gasteiger charge is 2.27. The lowest BCUT2D eigenvalue weighted by Gasteiger charge is -2.14. The smallest absolute Gasteiger partial charge is 0.371 e. The van der Waals surface area contributed by atoms with Gasteiger partial charge >= 0.3 is 10.5 Å². The summed E-state index contributed by atoms with van der Waals surface area (Å²) in [5.74, 6) is -1.27. The number of hydrogen-bond donors (Lipinski definition) is 0. The van der Waals surface area contributed by atoms with Crippen molar-refractivity contribution in [3.05, 3.63) is 80.5 Å². The zero-order valence-corrected chi connectivity index (χ0v) is 17.9. The number of nitrogens with zero attached hydrogens (tertiary/aromatic N) is 5. The molecule has 0 saturated carbocycles. The lowest BCUT2D eigenvalue weighted by Crippen LogP contribution is -2.43. The summed E-state index contributed by atoms with van der Waals surface area (Å²) >= 11 is 8.33. The van der Waals surface area contributed by atoms with E-state index in [1.807, 2.05) is 0 Å². The first-order valence-electron chi connectivity index (χ1n) is 8.95. The average molecular weight is 472 g/mol. The van der Waals surface area contributed by atoms with Crippen molar-refractivity contribution in [2.45, 2.75) is 6.54 Å². The van der Waals surface area contributed by atoms with Crippen LogP contribution in [0.1, 0.15) is 4.88 Å². The molecule has 0 aliphatic heterocycles. The Kier molecular flexibility index (Phi) is 4.97. The minimum Gasteiger partial charge on any atom is -0.842 e. The summed E-state index contributed by atoms with van der Waals surface area (Å²) in [5, 5.41) is 18.3. The quantitative estimate of drug-likeness (QED) is 0.376. The van der Waals surface area contributed by atoms with E-state index in [1.54, 1.807) is 36.8 Å². The van der Waals surface area contributed by atoms with Gasteiger partial charge in [-0.2, -0.15) is 0 Å². The first kappa shape index (κ1) is 19.7. The van der Waals surface area contributed by atoms with Gasteiger partial charge in [0.05, 0.1) is 10.8 Å². The molecule has 5 aromatic rings.